The summed E-state index contributed by atoms with van der Waals surface area (Å²) in [6.07, 6.45) is 10.1. The van der Waals surface area contributed by atoms with Crippen molar-refractivity contribution in [1.29, 1.82) is 0 Å². The van der Waals surface area contributed by atoms with Crippen molar-refractivity contribution < 1.29 is 19.0 Å². The Morgan fingerprint density at radius 3 is 2.46 bits per heavy atom. The smallest absolute Gasteiger partial charge is 0.228 e. The minimum atomic E-state index is -0.363. The number of rotatable bonds is 8. The highest BCUT2D eigenvalue weighted by molar-refractivity contribution is 9.09. The maximum atomic E-state index is 6.63. The lowest BCUT2D eigenvalue weighted by Crippen LogP contribution is -2.35. The van der Waals surface area contributed by atoms with Crippen molar-refractivity contribution in [3.05, 3.63) is 59.7 Å². The average Bonchev–Trinajstić information content (AvgIpc) is 3.42. The molecule has 0 aromatic heterocycles. The topological polar surface area (TPSA) is 49.3 Å². The molecule has 3 aliphatic rings. The quantitative estimate of drug-likeness (QED) is 0.328. The van der Waals surface area contributed by atoms with Crippen LogP contribution in [-0.2, 0) is 9.57 Å². The number of hydrogen-bond acceptors (Lipinski definition) is 5. The number of ether oxygens (including phenoxy) is 3. The summed E-state index contributed by atoms with van der Waals surface area (Å²) in [4.78, 5) is 5.88. The van der Waals surface area contributed by atoms with Crippen molar-refractivity contribution >= 4 is 21.6 Å². The first-order valence-corrected chi connectivity index (χ1v) is 14.2. The largest absolute Gasteiger partial charge is 0.493 e. The number of halogens is 1. The standard InChI is InChI=1S/C29H36BrNO4/c1-32-27-16-15-21(17-28(27)33-22-11-5-6-12-22)24-18-29(35-31-25(24)19-30)34-26-14-8-7-13-23(26)20-9-3-2-4-10-20/h2-4,9-10,15-17,22-24,26,29H,5-8,11-14,18-19H2,1H3/t23-,24+,26+,29-/m0/s1. The Morgan fingerprint density at radius 2 is 1.69 bits per heavy atom. The predicted molar refractivity (Wildman–Crippen MR) is 142 cm³/mol. The van der Waals surface area contributed by atoms with Gasteiger partial charge in [-0.25, -0.2) is 0 Å². The van der Waals surface area contributed by atoms with E-state index in [2.05, 4.69) is 63.6 Å². The highest BCUT2D eigenvalue weighted by Gasteiger charge is 2.35. The Labute approximate surface area is 217 Å². The molecule has 0 radical (unpaired) electrons. The minimum Gasteiger partial charge on any atom is -0.493 e. The highest BCUT2D eigenvalue weighted by Crippen LogP contribution is 2.40. The maximum absolute atomic E-state index is 6.63. The van der Waals surface area contributed by atoms with Gasteiger partial charge in [-0.3, -0.25) is 0 Å². The molecule has 2 fully saturated rings. The van der Waals surface area contributed by atoms with Gasteiger partial charge in [0.05, 0.1) is 25.0 Å². The maximum Gasteiger partial charge on any atom is 0.228 e. The van der Waals surface area contributed by atoms with Gasteiger partial charge in [0.1, 0.15) is 0 Å². The van der Waals surface area contributed by atoms with Crippen molar-refractivity contribution in [1.82, 2.24) is 0 Å². The first kappa shape index (κ1) is 24.6. The van der Waals surface area contributed by atoms with Crippen LogP contribution in [0.25, 0.3) is 0 Å². The molecule has 2 aromatic rings. The van der Waals surface area contributed by atoms with Crippen LogP contribution in [0.4, 0.5) is 0 Å². The second-order valence-corrected chi connectivity index (χ2v) is 10.5. The summed E-state index contributed by atoms with van der Waals surface area (Å²) in [5.41, 5.74) is 3.50. The summed E-state index contributed by atoms with van der Waals surface area (Å²) in [5, 5.41) is 5.16. The van der Waals surface area contributed by atoms with Crippen LogP contribution in [0.5, 0.6) is 11.5 Å². The first-order chi connectivity index (χ1) is 17.2. The molecule has 0 bridgehead atoms. The third kappa shape index (κ3) is 5.86. The zero-order valence-electron chi connectivity index (χ0n) is 20.5. The third-order valence-corrected chi connectivity index (χ3v) is 8.27. The Hall–Kier alpha value is -2.05. The molecule has 0 N–H and O–H groups in total. The molecule has 35 heavy (non-hydrogen) atoms. The highest BCUT2D eigenvalue weighted by atomic mass is 79.9. The predicted octanol–water partition coefficient (Wildman–Crippen LogP) is 7.34. The zero-order chi connectivity index (χ0) is 24.0. The molecule has 6 heteroatoms. The Morgan fingerprint density at radius 1 is 0.914 bits per heavy atom. The Bertz CT molecular complexity index is 991. The fourth-order valence-electron chi connectivity index (χ4n) is 5.81. The molecule has 188 valence electrons. The fraction of sp³-hybridized carbons (Fsp3) is 0.552. The van der Waals surface area contributed by atoms with E-state index in [9.17, 15) is 0 Å². The van der Waals surface area contributed by atoms with Crippen LogP contribution in [0.1, 0.15) is 80.8 Å². The first-order valence-electron chi connectivity index (χ1n) is 13.1. The Kier molecular flexibility index (Phi) is 8.30. The van der Waals surface area contributed by atoms with Gasteiger partial charge in [0.15, 0.2) is 11.5 Å². The molecular formula is C29H36BrNO4. The van der Waals surface area contributed by atoms with Gasteiger partial charge in [0, 0.05) is 23.6 Å². The molecular weight excluding hydrogens is 506 g/mol. The van der Waals surface area contributed by atoms with Gasteiger partial charge in [0.2, 0.25) is 6.29 Å². The SMILES string of the molecule is COc1ccc([C@H]2C[C@@H](O[C@@H]3CCCC[C@H]3c3ccccc3)ON=C2CBr)cc1OC1CCCC1. The van der Waals surface area contributed by atoms with Crippen LogP contribution in [0.2, 0.25) is 0 Å². The van der Waals surface area contributed by atoms with E-state index in [1.165, 1.54) is 31.2 Å². The number of nitrogens with zero attached hydrogens (tertiary/aromatic N) is 1. The second-order valence-electron chi connectivity index (χ2n) is 9.95. The van der Waals surface area contributed by atoms with Crippen molar-refractivity contribution in [2.24, 2.45) is 5.16 Å². The number of methoxy groups -OCH3 is 1. The number of hydrogen-bond donors (Lipinski definition) is 0. The van der Waals surface area contributed by atoms with Gasteiger partial charge in [0.25, 0.3) is 0 Å². The molecule has 2 aromatic carbocycles. The van der Waals surface area contributed by atoms with E-state index in [1.807, 2.05) is 6.07 Å². The molecule has 0 saturated heterocycles. The number of oxime groups is 1. The lowest BCUT2D eigenvalue weighted by molar-refractivity contribution is -0.189. The molecule has 5 rings (SSSR count). The summed E-state index contributed by atoms with van der Waals surface area (Å²) in [6.45, 7) is 0. The van der Waals surface area contributed by atoms with Crippen molar-refractivity contribution in [3.63, 3.8) is 0 Å². The van der Waals surface area contributed by atoms with Crippen LogP contribution >= 0.6 is 15.9 Å². The zero-order valence-corrected chi connectivity index (χ0v) is 22.1. The average molecular weight is 543 g/mol. The van der Waals surface area contributed by atoms with Gasteiger partial charge in [-0.2, -0.15) is 0 Å². The summed E-state index contributed by atoms with van der Waals surface area (Å²) in [5.74, 6) is 2.11. The second kappa shape index (κ2) is 11.8. The summed E-state index contributed by atoms with van der Waals surface area (Å²) in [7, 11) is 1.70. The van der Waals surface area contributed by atoms with Gasteiger partial charge in [-0.15, -0.1) is 0 Å². The van der Waals surface area contributed by atoms with Crippen LogP contribution in [-0.4, -0.2) is 36.6 Å². The van der Waals surface area contributed by atoms with Gasteiger partial charge in [-0.05, 0) is 61.8 Å². The fourth-order valence-corrected chi connectivity index (χ4v) is 6.31. The van der Waals surface area contributed by atoms with E-state index in [0.29, 0.717) is 11.2 Å². The lowest BCUT2D eigenvalue weighted by Gasteiger charge is -2.36. The molecule has 0 spiro atoms. The van der Waals surface area contributed by atoms with E-state index in [-0.39, 0.29) is 24.4 Å². The minimum absolute atomic E-state index is 0.101. The molecule has 0 unspecified atom stereocenters. The van der Waals surface area contributed by atoms with E-state index < -0.39 is 0 Å². The molecule has 2 saturated carbocycles. The summed E-state index contributed by atoms with van der Waals surface area (Å²) in [6, 6.07) is 17.0. The number of benzene rings is 2. The molecule has 4 atom stereocenters. The van der Waals surface area contributed by atoms with E-state index in [4.69, 9.17) is 19.0 Å². The molecule has 1 heterocycles. The van der Waals surface area contributed by atoms with Gasteiger partial charge >= 0.3 is 0 Å². The van der Waals surface area contributed by atoms with Crippen LogP contribution in [0.3, 0.4) is 0 Å². The molecule has 0 amide bonds. The van der Waals surface area contributed by atoms with Gasteiger partial charge in [-0.1, -0.05) is 70.3 Å². The van der Waals surface area contributed by atoms with E-state index >= 15 is 0 Å². The lowest BCUT2D eigenvalue weighted by atomic mass is 9.81. The van der Waals surface area contributed by atoms with E-state index in [0.717, 1.165) is 54.9 Å². The summed E-state index contributed by atoms with van der Waals surface area (Å²) < 4.78 is 18.6. The van der Waals surface area contributed by atoms with Crippen LogP contribution in [0.15, 0.2) is 53.7 Å². The summed E-state index contributed by atoms with van der Waals surface area (Å²) >= 11 is 3.62. The van der Waals surface area contributed by atoms with Crippen molar-refractivity contribution in [2.75, 3.05) is 12.4 Å². The van der Waals surface area contributed by atoms with Crippen molar-refractivity contribution in [2.45, 2.75) is 88.1 Å². The molecule has 1 aliphatic heterocycles. The molecule has 2 aliphatic carbocycles. The number of alkyl halides is 1. The normalized spacial score (nSPS) is 27.2. The van der Waals surface area contributed by atoms with Crippen molar-refractivity contribution in [3.8, 4) is 11.5 Å². The monoisotopic (exact) mass is 541 g/mol. The third-order valence-electron chi connectivity index (χ3n) is 7.70. The van der Waals surface area contributed by atoms with Gasteiger partial charge < -0.3 is 19.0 Å². The Balaban J connectivity index is 1.33. The van der Waals surface area contributed by atoms with Crippen LogP contribution < -0.4 is 9.47 Å². The molecule has 5 nitrogen and oxygen atoms in total. The van der Waals surface area contributed by atoms with Crippen LogP contribution in [0, 0.1) is 0 Å². The van der Waals surface area contributed by atoms with E-state index in [1.54, 1.807) is 7.11 Å².